The molecule has 4 heterocycles. The molecule has 4 aromatic heterocycles. The van der Waals surface area contributed by atoms with Crippen molar-refractivity contribution in [2.24, 2.45) is 0 Å². The number of para-hydroxylation sites is 4. The summed E-state index contributed by atoms with van der Waals surface area (Å²) in [7, 11) is 0. The minimum absolute atomic E-state index is 0.619. The van der Waals surface area contributed by atoms with Crippen molar-refractivity contribution in [1.82, 2.24) is 29.3 Å². The van der Waals surface area contributed by atoms with E-state index in [4.69, 9.17) is 15.1 Å². The van der Waals surface area contributed by atoms with E-state index in [1.165, 1.54) is 32.7 Å². The quantitative estimate of drug-likeness (QED) is 0.190. The fourth-order valence-corrected chi connectivity index (χ4v) is 7.94. The molecular weight excluding hydrogens is 625 g/mol. The number of rotatable bonds is 4. The van der Waals surface area contributed by atoms with Crippen LogP contribution in [0.1, 0.15) is 11.3 Å². The van der Waals surface area contributed by atoms with Crippen molar-refractivity contribution in [3.63, 3.8) is 0 Å². The molecule has 6 nitrogen and oxygen atoms in total. The fourth-order valence-electron chi connectivity index (χ4n) is 7.94. The van der Waals surface area contributed by atoms with Gasteiger partial charge in [-0.2, -0.15) is 5.10 Å². The first-order valence-corrected chi connectivity index (χ1v) is 17.2. The van der Waals surface area contributed by atoms with Crippen LogP contribution in [0.2, 0.25) is 0 Å². The van der Waals surface area contributed by atoms with Crippen molar-refractivity contribution in [2.75, 3.05) is 0 Å². The van der Waals surface area contributed by atoms with Gasteiger partial charge in [-0.1, -0.05) is 78.9 Å². The average molecular weight is 653 g/mol. The van der Waals surface area contributed by atoms with Crippen LogP contribution in [0.3, 0.4) is 0 Å². The van der Waals surface area contributed by atoms with Crippen LogP contribution in [0.4, 0.5) is 0 Å². The number of hydrogen-bond acceptors (Lipinski definition) is 4. The normalized spacial score (nSPS) is 12.2. The van der Waals surface area contributed by atoms with Crippen LogP contribution in [-0.4, -0.2) is 29.3 Å². The summed E-state index contributed by atoms with van der Waals surface area (Å²) in [5.41, 5.74) is 13.8. The Labute approximate surface area is 292 Å². The number of aromatic nitrogens is 6. The van der Waals surface area contributed by atoms with Gasteiger partial charge in [0, 0.05) is 62.2 Å². The van der Waals surface area contributed by atoms with E-state index >= 15 is 0 Å². The summed E-state index contributed by atoms with van der Waals surface area (Å²) in [4.78, 5) is 10.1. The van der Waals surface area contributed by atoms with Crippen molar-refractivity contribution in [3.05, 3.63) is 169 Å². The van der Waals surface area contributed by atoms with E-state index < -0.39 is 0 Å². The molecule has 0 spiro atoms. The van der Waals surface area contributed by atoms with Gasteiger partial charge in [-0.05, 0) is 78.4 Å². The molecule has 0 amide bonds. The Bertz CT molecular complexity index is 2790. The Morgan fingerprint density at radius 2 is 1.02 bits per heavy atom. The van der Waals surface area contributed by atoms with E-state index in [1.54, 1.807) is 0 Å². The monoisotopic (exact) mass is 652 g/mol. The lowest BCUT2D eigenvalue weighted by Crippen LogP contribution is -1.98. The summed E-state index contributed by atoms with van der Waals surface area (Å²) in [6.07, 6.45) is 2.65. The van der Waals surface area contributed by atoms with E-state index in [2.05, 4.69) is 166 Å². The van der Waals surface area contributed by atoms with Gasteiger partial charge >= 0.3 is 0 Å². The summed E-state index contributed by atoms with van der Waals surface area (Å²) < 4.78 is 4.65. The minimum atomic E-state index is 0.619. The second kappa shape index (κ2) is 10.8. The zero-order chi connectivity index (χ0) is 33.5. The number of fused-ring (bicyclic) bond motifs is 9. The molecule has 0 fully saturated rings. The SMILES string of the molecule is c1ccc(-n2c3ccccc3c3cc(-c4cc5c(cn4)Cc4nnc(-c6ccc7c(c6)c6ccccc6n7-c6ccccc6)nc4-5)ccc32)cc1. The number of nitrogens with zero attached hydrogens (tertiary/aromatic N) is 6. The molecule has 0 radical (unpaired) electrons. The summed E-state index contributed by atoms with van der Waals surface area (Å²) >= 11 is 0. The number of hydrogen-bond donors (Lipinski definition) is 0. The fraction of sp³-hybridized carbons (Fsp3) is 0.0222. The first-order chi connectivity index (χ1) is 25.3. The highest BCUT2D eigenvalue weighted by atomic mass is 15.2. The van der Waals surface area contributed by atoms with Crippen LogP contribution in [0.25, 0.3) is 88.9 Å². The standard InChI is InChI=1S/C45H28N6/c1-3-11-31(12-4-1)50-40-17-9-7-15-33(40)36-23-28(19-21-42(36)50)38-26-35-30(27-46-38)25-39-44(35)47-45(49-48-39)29-20-22-43-37(24-29)34-16-8-10-18-41(34)51(43)32-13-5-2-6-14-32/h1-24,26-27H,25H2. The predicted molar refractivity (Wildman–Crippen MR) is 205 cm³/mol. The number of pyridine rings is 1. The Kier molecular flexibility index (Phi) is 5.92. The van der Waals surface area contributed by atoms with Crippen molar-refractivity contribution < 1.29 is 0 Å². The smallest absolute Gasteiger partial charge is 0.182 e. The van der Waals surface area contributed by atoms with Crippen molar-refractivity contribution in [2.45, 2.75) is 6.42 Å². The van der Waals surface area contributed by atoms with E-state index in [9.17, 15) is 0 Å². The molecule has 1 aliphatic carbocycles. The first-order valence-electron chi connectivity index (χ1n) is 17.2. The Morgan fingerprint density at radius 3 is 1.67 bits per heavy atom. The Hall–Kier alpha value is -6.92. The first kappa shape index (κ1) is 28.0. The van der Waals surface area contributed by atoms with Crippen LogP contribution in [-0.2, 0) is 6.42 Å². The van der Waals surface area contributed by atoms with Crippen molar-refractivity contribution >= 4 is 43.6 Å². The highest BCUT2D eigenvalue weighted by Crippen LogP contribution is 2.40. The van der Waals surface area contributed by atoms with Gasteiger partial charge in [-0.3, -0.25) is 4.98 Å². The molecule has 0 bridgehead atoms. The number of benzene rings is 6. The van der Waals surface area contributed by atoms with E-state index in [0.717, 1.165) is 61.6 Å². The van der Waals surface area contributed by atoms with E-state index in [0.29, 0.717) is 12.2 Å². The van der Waals surface area contributed by atoms with E-state index in [-0.39, 0.29) is 0 Å². The maximum atomic E-state index is 5.17. The van der Waals surface area contributed by atoms with Crippen LogP contribution in [0, 0.1) is 0 Å². The molecule has 0 saturated heterocycles. The maximum Gasteiger partial charge on any atom is 0.182 e. The van der Waals surface area contributed by atoms with Gasteiger partial charge in [0.2, 0.25) is 0 Å². The molecule has 51 heavy (non-hydrogen) atoms. The van der Waals surface area contributed by atoms with Gasteiger partial charge in [0.1, 0.15) is 0 Å². The van der Waals surface area contributed by atoms with Gasteiger partial charge in [0.05, 0.1) is 39.1 Å². The molecule has 11 rings (SSSR count). The molecule has 6 heteroatoms. The van der Waals surface area contributed by atoms with Gasteiger partial charge < -0.3 is 9.13 Å². The van der Waals surface area contributed by atoms with Gasteiger partial charge in [0.25, 0.3) is 0 Å². The highest BCUT2D eigenvalue weighted by molar-refractivity contribution is 6.11. The molecular formula is C45H28N6. The molecule has 0 aliphatic heterocycles. The van der Waals surface area contributed by atoms with E-state index in [1.807, 2.05) is 6.20 Å². The molecule has 0 unspecified atom stereocenters. The minimum Gasteiger partial charge on any atom is -0.309 e. The lowest BCUT2D eigenvalue weighted by molar-refractivity contribution is 0.925. The average Bonchev–Trinajstić information content (AvgIpc) is 3.85. The predicted octanol–water partition coefficient (Wildman–Crippen LogP) is 10.4. The van der Waals surface area contributed by atoms with Gasteiger partial charge in [0.15, 0.2) is 5.82 Å². The zero-order valence-corrected chi connectivity index (χ0v) is 27.4. The second-order valence-corrected chi connectivity index (χ2v) is 13.2. The summed E-state index contributed by atoms with van der Waals surface area (Å²) in [6, 6.07) is 53.5. The third-order valence-corrected chi connectivity index (χ3v) is 10.3. The van der Waals surface area contributed by atoms with Crippen LogP contribution < -0.4 is 0 Å². The molecule has 10 aromatic rings. The van der Waals surface area contributed by atoms with Crippen LogP contribution >= 0.6 is 0 Å². The third-order valence-electron chi connectivity index (χ3n) is 10.3. The second-order valence-electron chi connectivity index (χ2n) is 13.2. The van der Waals surface area contributed by atoms with Crippen molar-refractivity contribution in [1.29, 1.82) is 0 Å². The molecule has 0 saturated carbocycles. The van der Waals surface area contributed by atoms with Crippen LogP contribution in [0.15, 0.2) is 158 Å². The van der Waals surface area contributed by atoms with Gasteiger partial charge in [-0.15, -0.1) is 5.10 Å². The topological polar surface area (TPSA) is 61.4 Å². The third kappa shape index (κ3) is 4.23. The highest BCUT2D eigenvalue weighted by Gasteiger charge is 2.25. The molecule has 0 N–H and O–H groups in total. The molecule has 238 valence electrons. The molecule has 0 atom stereocenters. The summed E-state index contributed by atoms with van der Waals surface area (Å²) in [6.45, 7) is 0. The van der Waals surface area contributed by atoms with Crippen molar-refractivity contribution in [3.8, 4) is 45.3 Å². The van der Waals surface area contributed by atoms with Crippen LogP contribution in [0.5, 0.6) is 0 Å². The lowest BCUT2D eigenvalue weighted by atomic mass is 10.0. The Morgan fingerprint density at radius 1 is 0.471 bits per heavy atom. The Balaban J connectivity index is 1.01. The van der Waals surface area contributed by atoms with Gasteiger partial charge in [-0.25, -0.2) is 4.98 Å². The maximum absolute atomic E-state index is 5.17. The molecule has 1 aliphatic rings. The zero-order valence-electron chi connectivity index (χ0n) is 27.4. The molecule has 6 aromatic carbocycles. The summed E-state index contributed by atoms with van der Waals surface area (Å²) in [5.74, 6) is 0.619. The summed E-state index contributed by atoms with van der Waals surface area (Å²) in [5, 5.41) is 14.1. The largest absolute Gasteiger partial charge is 0.309 e. The lowest BCUT2D eigenvalue weighted by Gasteiger charge is -2.09.